The molecule has 21 heavy (non-hydrogen) atoms. The summed E-state index contributed by atoms with van der Waals surface area (Å²) in [6.45, 7) is 5.73. The van der Waals surface area contributed by atoms with Crippen LogP contribution in [0.4, 0.5) is 0 Å². The van der Waals surface area contributed by atoms with Crippen molar-refractivity contribution < 1.29 is 4.79 Å². The Morgan fingerprint density at radius 3 is 2.81 bits per heavy atom. The highest BCUT2D eigenvalue weighted by Gasteiger charge is 2.29. The highest BCUT2D eigenvalue weighted by atomic mass is 16.2. The Bertz CT molecular complexity index is 622. The number of hydrogen-bond acceptors (Lipinski definition) is 3. The van der Waals surface area contributed by atoms with Crippen molar-refractivity contribution in [3.63, 3.8) is 0 Å². The van der Waals surface area contributed by atoms with Crippen molar-refractivity contribution in [2.75, 3.05) is 13.1 Å². The zero-order valence-corrected chi connectivity index (χ0v) is 12.3. The number of piperazine rings is 1. The molecule has 2 N–H and O–H groups in total. The van der Waals surface area contributed by atoms with Crippen molar-refractivity contribution in [2.45, 2.75) is 25.9 Å². The summed E-state index contributed by atoms with van der Waals surface area (Å²) in [5.41, 5.74) is 2.36. The third kappa shape index (κ3) is 2.69. The molecule has 0 spiro atoms. The van der Waals surface area contributed by atoms with Crippen molar-refractivity contribution in [1.29, 1.82) is 0 Å². The molecule has 1 amide bonds. The lowest BCUT2D eigenvalue weighted by atomic mass is 10.1. The average molecular weight is 284 g/mol. The Kier molecular flexibility index (Phi) is 3.75. The largest absolute Gasteiger partial charge is 0.332 e. The SMILES string of the molecule is CC1NCCN(C(=O)c2cc(-c3ccccc3)n[nH]2)C1C. The van der Waals surface area contributed by atoms with E-state index >= 15 is 0 Å². The van der Waals surface area contributed by atoms with Gasteiger partial charge in [0.15, 0.2) is 0 Å². The molecule has 5 heteroatoms. The second-order valence-electron chi connectivity index (χ2n) is 5.51. The van der Waals surface area contributed by atoms with E-state index in [0.717, 1.165) is 24.3 Å². The first-order valence-electron chi connectivity index (χ1n) is 7.32. The quantitative estimate of drug-likeness (QED) is 0.885. The molecule has 1 aliphatic rings. The van der Waals surface area contributed by atoms with Crippen molar-refractivity contribution in [2.24, 2.45) is 0 Å². The van der Waals surface area contributed by atoms with E-state index in [0.29, 0.717) is 11.7 Å². The van der Waals surface area contributed by atoms with Crippen LogP contribution in [-0.2, 0) is 0 Å². The number of hydrogen-bond donors (Lipinski definition) is 2. The lowest BCUT2D eigenvalue weighted by Gasteiger charge is -2.38. The van der Waals surface area contributed by atoms with E-state index in [9.17, 15) is 4.79 Å². The van der Waals surface area contributed by atoms with Crippen molar-refractivity contribution in [1.82, 2.24) is 20.4 Å². The summed E-state index contributed by atoms with van der Waals surface area (Å²) in [7, 11) is 0. The van der Waals surface area contributed by atoms with Crippen LogP contribution in [-0.4, -0.2) is 46.2 Å². The fraction of sp³-hybridized carbons (Fsp3) is 0.375. The Balaban J connectivity index is 1.81. The molecule has 0 bridgehead atoms. The third-order valence-electron chi connectivity index (χ3n) is 4.17. The number of amides is 1. The van der Waals surface area contributed by atoms with Gasteiger partial charge >= 0.3 is 0 Å². The van der Waals surface area contributed by atoms with E-state index < -0.39 is 0 Å². The first-order chi connectivity index (χ1) is 10.2. The van der Waals surface area contributed by atoms with Gasteiger partial charge in [-0.3, -0.25) is 9.89 Å². The van der Waals surface area contributed by atoms with Gasteiger partial charge in [-0.05, 0) is 19.9 Å². The molecule has 2 aromatic rings. The summed E-state index contributed by atoms with van der Waals surface area (Å²) < 4.78 is 0. The zero-order chi connectivity index (χ0) is 14.8. The van der Waals surface area contributed by atoms with Gasteiger partial charge in [-0.1, -0.05) is 30.3 Å². The zero-order valence-electron chi connectivity index (χ0n) is 12.3. The van der Waals surface area contributed by atoms with Gasteiger partial charge in [-0.25, -0.2) is 0 Å². The molecule has 5 nitrogen and oxygen atoms in total. The molecule has 1 aromatic heterocycles. The molecule has 110 valence electrons. The minimum absolute atomic E-state index is 0.0190. The van der Waals surface area contributed by atoms with Crippen LogP contribution in [0.1, 0.15) is 24.3 Å². The maximum absolute atomic E-state index is 12.6. The Labute approximate surface area is 124 Å². The number of nitrogens with zero attached hydrogens (tertiary/aromatic N) is 2. The number of H-pyrrole nitrogens is 1. The minimum atomic E-state index is 0.0190. The fourth-order valence-corrected chi connectivity index (χ4v) is 2.69. The van der Waals surface area contributed by atoms with Gasteiger partial charge < -0.3 is 10.2 Å². The summed E-state index contributed by atoms with van der Waals surface area (Å²) in [5, 5.41) is 10.5. The van der Waals surface area contributed by atoms with Gasteiger partial charge in [-0.2, -0.15) is 5.10 Å². The molecule has 1 fully saturated rings. The van der Waals surface area contributed by atoms with E-state index in [2.05, 4.69) is 29.4 Å². The van der Waals surface area contributed by atoms with Gasteiger partial charge in [0.1, 0.15) is 5.69 Å². The summed E-state index contributed by atoms with van der Waals surface area (Å²) in [5.74, 6) is 0.0190. The van der Waals surface area contributed by atoms with Gasteiger partial charge in [0.2, 0.25) is 0 Å². The third-order valence-corrected chi connectivity index (χ3v) is 4.17. The van der Waals surface area contributed by atoms with Crippen LogP contribution in [0.2, 0.25) is 0 Å². The highest BCUT2D eigenvalue weighted by molar-refractivity contribution is 5.93. The molecule has 2 atom stereocenters. The van der Waals surface area contributed by atoms with Crippen LogP contribution >= 0.6 is 0 Å². The molecule has 1 aromatic carbocycles. The van der Waals surface area contributed by atoms with Crippen molar-refractivity contribution >= 4 is 5.91 Å². The molecule has 0 radical (unpaired) electrons. The van der Waals surface area contributed by atoms with Crippen LogP contribution in [0.3, 0.4) is 0 Å². The second-order valence-corrected chi connectivity index (χ2v) is 5.51. The van der Waals surface area contributed by atoms with Crippen LogP contribution < -0.4 is 5.32 Å². The number of benzene rings is 1. The first-order valence-corrected chi connectivity index (χ1v) is 7.32. The predicted molar refractivity (Wildman–Crippen MR) is 82.0 cm³/mol. The second kappa shape index (κ2) is 5.69. The van der Waals surface area contributed by atoms with Gasteiger partial charge in [0.25, 0.3) is 5.91 Å². The number of nitrogens with one attached hydrogen (secondary N) is 2. The average Bonchev–Trinajstić information content (AvgIpc) is 3.00. The molecule has 3 rings (SSSR count). The van der Waals surface area contributed by atoms with Crippen molar-refractivity contribution in [3.05, 3.63) is 42.1 Å². The normalized spacial score (nSPS) is 22.3. The maximum Gasteiger partial charge on any atom is 0.272 e. The van der Waals surface area contributed by atoms with Gasteiger partial charge in [-0.15, -0.1) is 0 Å². The summed E-state index contributed by atoms with van der Waals surface area (Å²) in [6.07, 6.45) is 0. The molecular formula is C16H20N4O. The van der Waals surface area contributed by atoms with Crippen LogP contribution in [0.5, 0.6) is 0 Å². The number of rotatable bonds is 2. The van der Waals surface area contributed by atoms with E-state index in [-0.39, 0.29) is 11.9 Å². The van der Waals surface area contributed by atoms with E-state index in [1.807, 2.05) is 41.3 Å². The summed E-state index contributed by atoms with van der Waals surface area (Å²) in [4.78, 5) is 14.5. The van der Waals surface area contributed by atoms with Gasteiger partial charge in [0, 0.05) is 30.7 Å². The smallest absolute Gasteiger partial charge is 0.272 e. The Morgan fingerprint density at radius 1 is 1.29 bits per heavy atom. The van der Waals surface area contributed by atoms with Gasteiger partial charge in [0.05, 0.1) is 5.69 Å². The van der Waals surface area contributed by atoms with E-state index in [1.54, 1.807) is 0 Å². The minimum Gasteiger partial charge on any atom is -0.332 e. The topological polar surface area (TPSA) is 61.0 Å². The predicted octanol–water partition coefficient (Wildman–Crippen LogP) is 1.90. The molecule has 2 heterocycles. The number of carbonyl (C=O) groups is 1. The molecule has 2 unspecified atom stereocenters. The lowest BCUT2D eigenvalue weighted by Crippen LogP contribution is -2.57. The molecule has 0 saturated carbocycles. The molecule has 0 aliphatic carbocycles. The van der Waals surface area contributed by atoms with E-state index in [1.165, 1.54) is 0 Å². The van der Waals surface area contributed by atoms with Crippen molar-refractivity contribution in [3.8, 4) is 11.3 Å². The first kappa shape index (κ1) is 13.8. The maximum atomic E-state index is 12.6. The standard InChI is InChI=1S/C16H20N4O/c1-11-12(2)20(9-8-17-11)16(21)15-10-14(18-19-15)13-6-4-3-5-7-13/h3-7,10-12,17H,8-9H2,1-2H3,(H,18,19). The van der Waals surface area contributed by atoms with Crippen LogP contribution in [0.25, 0.3) is 11.3 Å². The summed E-state index contributed by atoms with van der Waals surface area (Å²) >= 11 is 0. The van der Waals surface area contributed by atoms with Crippen LogP contribution in [0, 0.1) is 0 Å². The van der Waals surface area contributed by atoms with Crippen LogP contribution in [0.15, 0.2) is 36.4 Å². The highest BCUT2D eigenvalue weighted by Crippen LogP contribution is 2.19. The molecular weight excluding hydrogens is 264 g/mol. The lowest BCUT2D eigenvalue weighted by molar-refractivity contribution is 0.0597. The fourth-order valence-electron chi connectivity index (χ4n) is 2.69. The molecule has 1 saturated heterocycles. The van der Waals surface area contributed by atoms with E-state index in [4.69, 9.17) is 0 Å². The molecule has 1 aliphatic heterocycles. The Morgan fingerprint density at radius 2 is 2.05 bits per heavy atom. The number of aromatic nitrogens is 2. The Hall–Kier alpha value is -2.14. The monoisotopic (exact) mass is 284 g/mol. The number of aromatic amines is 1. The summed E-state index contributed by atoms with van der Waals surface area (Å²) in [6, 6.07) is 12.2. The number of carbonyl (C=O) groups excluding carboxylic acids is 1.